The molecule has 1 aliphatic carbocycles. The largest absolute Gasteiger partial charge is 0.387 e. The molecule has 3 rings (SSSR count). The van der Waals surface area contributed by atoms with E-state index in [1.54, 1.807) is 0 Å². The second kappa shape index (κ2) is 6.75. The quantitative estimate of drug-likeness (QED) is 0.850. The molecule has 0 saturated carbocycles. The van der Waals surface area contributed by atoms with E-state index >= 15 is 0 Å². The number of carbonyl (C=O) groups is 1. The molecule has 0 aromatic heterocycles. The smallest absolute Gasteiger partial charge is 0.223 e. The second-order valence-corrected chi connectivity index (χ2v) is 5.81. The van der Waals surface area contributed by atoms with Crippen molar-refractivity contribution in [2.45, 2.75) is 25.4 Å². The SMILES string of the molecule is O=C(NC[C@H](O)c1cccc2ccccc12)[C@H]1CC=CCC1. The first-order valence-corrected chi connectivity index (χ1v) is 7.84. The molecule has 0 heterocycles. The van der Waals surface area contributed by atoms with Gasteiger partial charge in [-0.1, -0.05) is 54.6 Å². The van der Waals surface area contributed by atoms with Crippen LogP contribution in [0.4, 0.5) is 0 Å². The van der Waals surface area contributed by atoms with Crippen molar-refractivity contribution in [3.63, 3.8) is 0 Å². The zero-order valence-corrected chi connectivity index (χ0v) is 12.5. The van der Waals surface area contributed by atoms with Crippen molar-refractivity contribution in [3.8, 4) is 0 Å². The zero-order chi connectivity index (χ0) is 15.4. The van der Waals surface area contributed by atoms with E-state index in [0.29, 0.717) is 0 Å². The van der Waals surface area contributed by atoms with E-state index < -0.39 is 6.10 Å². The van der Waals surface area contributed by atoms with Crippen molar-refractivity contribution in [1.82, 2.24) is 5.32 Å². The van der Waals surface area contributed by atoms with Gasteiger partial charge in [-0.05, 0) is 35.6 Å². The first-order valence-electron chi connectivity index (χ1n) is 7.84. The third-order valence-corrected chi connectivity index (χ3v) is 4.29. The van der Waals surface area contributed by atoms with E-state index in [1.807, 2.05) is 42.5 Å². The standard InChI is InChI=1S/C19H21NO2/c21-18(13-20-19(22)15-8-2-1-3-9-15)17-12-6-10-14-7-4-5-11-16(14)17/h1-2,4-7,10-12,15,18,21H,3,8-9,13H2,(H,20,22)/t15-,18-/m0/s1. The minimum atomic E-state index is -0.686. The van der Waals surface area contributed by atoms with Crippen molar-refractivity contribution >= 4 is 16.7 Å². The fourth-order valence-corrected chi connectivity index (χ4v) is 3.02. The summed E-state index contributed by atoms with van der Waals surface area (Å²) < 4.78 is 0. The normalized spacial score (nSPS) is 19.0. The van der Waals surface area contributed by atoms with E-state index in [9.17, 15) is 9.90 Å². The average Bonchev–Trinajstić information content (AvgIpc) is 2.59. The molecule has 3 nitrogen and oxygen atoms in total. The molecule has 114 valence electrons. The highest BCUT2D eigenvalue weighted by Gasteiger charge is 2.20. The Labute approximate surface area is 130 Å². The van der Waals surface area contributed by atoms with Gasteiger partial charge in [0.15, 0.2) is 0 Å². The van der Waals surface area contributed by atoms with E-state index in [0.717, 1.165) is 35.6 Å². The van der Waals surface area contributed by atoms with Crippen LogP contribution in [0.1, 0.15) is 30.9 Å². The second-order valence-electron chi connectivity index (χ2n) is 5.81. The molecule has 0 unspecified atom stereocenters. The van der Waals surface area contributed by atoms with Gasteiger partial charge in [-0.25, -0.2) is 0 Å². The molecular weight excluding hydrogens is 274 g/mol. The molecule has 0 aliphatic heterocycles. The number of aliphatic hydroxyl groups excluding tert-OH is 1. The fourth-order valence-electron chi connectivity index (χ4n) is 3.02. The summed E-state index contributed by atoms with van der Waals surface area (Å²) in [4.78, 5) is 12.1. The van der Waals surface area contributed by atoms with Gasteiger partial charge in [0.05, 0.1) is 6.10 Å². The minimum absolute atomic E-state index is 0.0450. The van der Waals surface area contributed by atoms with Gasteiger partial charge in [0.1, 0.15) is 0 Å². The maximum Gasteiger partial charge on any atom is 0.223 e. The van der Waals surface area contributed by atoms with Gasteiger partial charge in [0.2, 0.25) is 5.91 Å². The van der Waals surface area contributed by atoms with Crippen LogP contribution in [0.15, 0.2) is 54.6 Å². The summed E-state index contributed by atoms with van der Waals surface area (Å²) >= 11 is 0. The number of fused-ring (bicyclic) bond motifs is 1. The average molecular weight is 295 g/mol. The van der Waals surface area contributed by atoms with Gasteiger partial charge in [-0.2, -0.15) is 0 Å². The number of carbonyl (C=O) groups excluding carboxylic acids is 1. The van der Waals surface area contributed by atoms with Gasteiger partial charge in [-0.3, -0.25) is 4.79 Å². The lowest BCUT2D eigenvalue weighted by atomic mass is 9.93. The van der Waals surface area contributed by atoms with E-state index in [1.165, 1.54) is 0 Å². The predicted octanol–water partition coefficient (Wildman–Crippen LogP) is 3.35. The lowest BCUT2D eigenvalue weighted by Gasteiger charge is -2.19. The monoisotopic (exact) mass is 295 g/mol. The summed E-state index contributed by atoms with van der Waals surface area (Å²) in [7, 11) is 0. The van der Waals surface area contributed by atoms with Gasteiger partial charge >= 0.3 is 0 Å². The molecule has 1 aliphatic rings. The first-order chi connectivity index (χ1) is 10.8. The van der Waals surface area contributed by atoms with E-state index in [4.69, 9.17) is 0 Å². The van der Waals surface area contributed by atoms with Crippen LogP contribution in [-0.2, 0) is 4.79 Å². The van der Waals surface area contributed by atoms with Crippen LogP contribution < -0.4 is 5.32 Å². The van der Waals surface area contributed by atoms with Crippen LogP contribution in [0.25, 0.3) is 10.8 Å². The lowest BCUT2D eigenvalue weighted by Crippen LogP contribution is -2.34. The Morgan fingerprint density at radius 3 is 2.82 bits per heavy atom. The molecule has 2 N–H and O–H groups in total. The molecule has 0 spiro atoms. The first kappa shape index (κ1) is 14.8. The molecule has 1 amide bonds. The lowest BCUT2D eigenvalue weighted by molar-refractivity contribution is -0.125. The maximum absolute atomic E-state index is 12.1. The Morgan fingerprint density at radius 2 is 2.00 bits per heavy atom. The number of allylic oxidation sites excluding steroid dienone is 2. The zero-order valence-electron chi connectivity index (χ0n) is 12.5. The van der Waals surface area contributed by atoms with E-state index in [-0.39, 0.29) is 18.4 Å². The third-order valence-electron chi connectivity index (χ3n) is 4.29. The van der Waals surface area contributed by atoms with Crippen LogP contribution in [0.3, 0.4) is 0 Å². The van der Waals surface area contributed by atoms with Gasteiger partial charge < -0.3 is 10.4 Å². The molecule has 2 atom stereocenters. The predicted molar refractivity (Wildman–Crippen MR) is 88.4 cm³/mol. The van der Waals surface area contributed by atoms with Crippen LogP contribution in [0, 0.1) is 5.92 Å². The van der Waals surface area contributed by atoms with Crippen LogP contribution in [0.2, 0.25) is 0 Å². The number of amides is 1. The summed E-state index contributed by atoms with van der Waals surface area (Å²) in [6.45, 7) is 0.257. The van der Waals surface area contributed by atoms with Crippen molar-refractivity contribution in [1.29, 1.82) is 0 Å². The molecule has 2 aromatic carbocycles. The highest BCUT2D eigenvalue weighted by Crippen LogP contribution is 2.24. The summed E-state index contributed by atoms with van der Waals surface area (Å²) in [6.07, 6.45) is 6.16. The minimum Gasteiger partial charge on any atom is -0.387 e. The maximum atomic E-state index is 12.1. The molecule has 0 saturated heterocycles. The molecule has 0 radical (unpaired) electrons. The number of nitrogens with one attached hydrogen (secondary N) is 1. The summed E-state index contributed by atoms with van der Waals surface area (Å²) in [5.74, 6) is 0.0911. The van der Waals surface area contributed by atoms with Gasteiger partial charge in [-0.15, -0.1) is 0 Å². The van der Waals surface area contributed by atoms with Crippen molar-refractivity contribution < 1.29 is 9.90 Å². The number of hydrogen-bond acceptors (Lipinski definition) is 2. The fraction of sp³-hybridized carbons (Fsp3) is 0.316. The van der Waals surface area contributed by atoms with Gasteiger partial charge in [0.25, 0.3) is 0 Å². The Balaban J connectivity index is 1.67. The Kier molecular flexibility index (Phi) is 4.54. The summed E-state index contributed by atoms with van der Waals surface area (Å²) in [5, 5.41) is 15.5. The van der Waals surface area contributed by atoms with Crippen LogP contribution in [-0.4, -0.2) is 17.6 Å². The van der Waals surface area contributed by atoms with Crippen molar-refractivity contribution in [2.75, 3.05) is 6.54 Å². The molecule has 3 heteroatoms. The molecule has 2 aromatic rings. The number of benzene rings is 2. The highest BCUT2D eigenvalue weighted by atomic mass is 16.3. The molecule has 0 bridgehead atoms. The highest BCUT2D eigenvalue weighted by molar-refractivity contribution is 5.86. The Bertz CT molecular complexity index is 687. The number of aliphatic hydroxyl groups is 1. The van der Waals surface area contributed by atoms with Crippen LogP contribution in [0.5, 0.6) is 0 Å². The molecule has 22 heavy (non-hydrogen) atoms. The Hall–Kier alpha value is -2.13. The number of hydrogen-bond donors (Lipinski definition) is 2. The molecule has 0 fully saturated rings. The van der Waals surface area contributed by atoms with Crippen molar-refractivity contribution in [2.24, 2.45) is 5.92 Å². The topological polar surface area (TPSA) is 49.3 Å². The third kappa shape index (κ3) is 3.20. The Morgan fingerprint density at radius 1 is 1.18 bits per heavy atom. The summed E-state index contributed by atoms with van der Waals surface area (Å²) in [5.41, 5.74) is 0.863. The van der Waals surface area contributed by atoms with Gasteiger partial charge in [0, 0.05) is 12.5 Å². The molecular formula is C19H21NO2. The summed E-state index contributed by atoms with van der Waals surface area (Å²) in [6, 6.07) is 13.9. The van der Waals surface area contributed by atoms with E-state index in [2.05, 4.69) is 17.5 Å². The number of rotatable bonds is 4. The van der Waals surface area contributed by atoms with Crippen molar-refractivity contribution in [3.05, 3.63) is 60.2 Å². The van der Waals surface area contributed by atoms with Crippen LogP contribution >= 0.6 is 0 Å².